The van der Waals surface area contributed by atoms with Gasteiger partial charge < -0.3 is 15.5 Å². The van der Waals surface area contributed by atoms with Crippen molar-refractivity contribution in [3.8, 4) is 0 Å². The molecule has 0 bridgehead atoms. The summed E-state index contributed by atoms with van der Waals surface area (Å²) in [4.78, 5) is 16.3. The average Bonchev–Trinajstić information content (AvgIpc) is 3.19. The number of fused-ring (bicyclic) bond motifs is 2. The Morgan fingerprint density at radius 3 is 2.78 bits per heavy atom. The Hall–Kier alpha value is -2.43. The lowest BCUT2D eigenvalue weighted by molar-refractivity contribution is 0.392. The fourth-order valence-electron chi connectivity index (χ4n) is 3.90. The predicted molar refractivity (Wildman–Crippen MR) is 141 cm³/mol. The molecule has 3 aromatic rings. The van der Waals surface area contributed by atoms with E-state index in [2.05, 4.69) is 58.8 Å². The summed E-state index contributed by atoms with van der Waals surface area (Å²) >= 11 is 0. The molecule has 0 fully saturated rings. The molecule has 0 aliphatic carbocycles. The molecule has 0 amide bonds. The van der Waals surface area contributed by atoms with Crippen molar-refractivity contribution >= 4 is 46.7 Å². The number of benzene rings is 1. The number of aliphatic imine (C=N–C) groups is 1. The van der Waals surface area contributed by atoms with E-state index >= 15 is 0 Å². The van der Waals surface area contributed by atoms with E-state index in [1.165, 1.54) is 5.56 Å². The molecule has 32 heavy (non-hydrogen) atoms. The van der Waals surface area contributed by atoms with E-state index in [0.717, 1.165) is 66.7 Å². The smallest absolute Gasteiger partial charge is 0.191 e. The van der Waals surface area contributed by atoms with Gasteiger partial charge >= 0.3 is 0 Å². The normalized spacial score (nSPS) is 15.8. The monoisotopic (exact) mass is 548 g/mol. The summed E-state index contributed by atoms with van der Waals surface area (Å²) in [6.45, 7) is 6.40. The van der Waals surface area contributed by atoms with E-state index in [9.17, 15) is 0 Å². The number of nitrogens with one attached hydrogen (secondary N) is 2. The minimum absolute atomic E-state index is 0. The number of hydrogen-bond acceptors (Lipinski definition) is 5. The van der Waals surface area contributed by atoms with Crippen LogP contribution in [0, 0.1) is 0 Å². The Balaban J connectivity index is 0.00000289. The van der Waals surface area contributed by atoms with E-state index in [-0.39, 0.29) is 30.0 Å². The van der Waals surface area contributed by atoms with Gasteiger partial charge in [0.2, 0.25) is 0 Å². The number of guanidine groups is 1. The quantitative estimate of drug-likeness (QED) is 0.280. The molecule has 3 heterocycles. The van der Waals surface area contributed by atoms with Crippen molar-refractivity contribution in [2.24, 2.45) is 4.99 Å². The van der Waals surface area contributed by atoms with Gasteiger partial charge in [-0.25, -0.2) is 19.6 Å². The van der Waals surface area contributed by atoms with Crippen LogP contribution in [-0.2, 0) is 25.9 Å². The summed E-state index contributed by atoms with van der Waals surface area (Å²) in [6.07, 6.45) is 2.83. The predicted octanol–water partition coefficient (Wildman–Crippen LogP) is 3.14. The molecule has 1 aliphatic rings. The lowest BCUT2D eigenvalue weighted by Gasteiger charge is -2.25. The first-order valence-electron chi connectivity index (χ1n) is 11.1. The van der Waals surface area contributed by atoms with Crippen LogP contribution in [0.2, 0.25) is 0 Å². The van der Waals surface area contributed by atoms with Gasteiger partial charge in [0.15, 0.2) is 11.8 Å². The Kier molecular flexibility index (Phi) is 8.27. The van der Waals surface area contributed by atoms with Gasteiger partial charge in [-0.1, -0.05) is 25.1 Å². The lowest BCUT2D eigenvalue weighted by Crippen LogP contribution is -2.47. The SMILES string of the molecule is CCNC(=NCc1cc(N(C)C)nc2ccccc12)NC1CCc2nc(CC)nn2C1.I. The van der Waals surface area contributed by atoms with Gasteiger partial charge in [0.1, 0.15) is 11.6 Å². The van der Waals surface area contributed by atoms with E-state index in [0.29, 0.717) is 6.54 Å². The molecule has 2 N–H and O–H groups in total. The molecule has 0 spiro atoms. The van der Waals surface area contributed by atoms with Gasteiger partial charge in [0.25, 0.3) is 0 Å². The van der Waals surface area contributed by atoms with Crippen LogP contribution in [0.5, 0.6) is 0 Å². The third-order valence-corrected chi connectivity index (χ3v) is 5.56. The zero-order valence-electron chi connectivity index (χ0n) is 19.3. The molecule has 0 saturated heterocycles. The topological polar surface area (TPSA) is 83.3 Å². The summed E-state index contributed by atoms with van der Waals surface area (Å²) in [5.74, 6) is 3.80. The van der Waals surface area contributed by atoms with Gasteiger partial charge in [-0.05, 0) is 31.0 Å². The van der Waals surface area contributed by atoms with E-state index < -0.39 is 0 Å². The Bertz CT molecular complexity index is 1080. The van der Waals surface area contributed by atoms with Crippen LogP contribution in [0.4, 0.5) is 5.82 Å². The summed E-state index contributed by atoms with van der Waals surface area (Å²) < 4.78 is 2.04. The number of hydrogen-bond donors (Lipinski definition) is 2. The Morgan fingerprint density at radius 1 is 1.22 bits per heavy atom. The van der Waals surface area contributed by atoms with Crippen LogP contribution in [0.1, 0.15) is 37.5 Å². The molecular weight excluding hydrogens is 515 g/mol. The first kappa shape index (κ1) is 24.2. The van der Waals surface area contributed by atoms with Crippen molar-refractivity contribution in [1.29, 1.82) is 0 Å². The lowest BCUT2D eigenvalue weighted by atomic mass is 10.1. The Morgan fingerprint density at radius 2 is 2.03 bits per heavy atom. The third-order valence-electron chi connectivity index (χ3n) is 5.56. The molecular formula is C23H33IN8. The molecule has 1 atom stereocenters. The van der Waals surface area contributed by atoms with Gasteiger partial charge in [-0.2, -0.15) is 5.10 Å². The zero-order chi connectivity index (χ0) is 21.8. The highest BCUT2D eigenvalue weighted by atomic mass is 127. The van der Waals surface area contributed by atoms with Crippen molar-refractivity contribution in [3.05, 3.63) is 47.5 Å². The van der Waals surface area contributed by atoms with Crippen molar-refractivity contribution in [2.75, 3.05) is 25.5 Å². The average molecular weight is 548 g/mol. The van der Waals surface area contributed by atoms with Gasteiger partial charge in [-0.3, -0.25) is 0 Å². The number of aromatic nitrogens is 4. The van der Waals surface area contributed by atoms with Crippen LogP contribution in [0.15, 0.2) is 35.3 Å². The fraction of sp³-hybridized carbons (Fsp3) is 0.478. The third kappa shape index (κ3) is 5.48. The number of para-hydroxylation sites is 1. The highest BCUT2D eigenvalue weighted by Gasteiger charge is 2.22. The molecule has 0 radical (unpaired) electrons. The molecule has 4 rings (SSSR count). The maximum Gasteiger partial charge on any atom is 0.191 e. The molecule has 1 aliphatic heterocycles. The molecule has 8 nitrogen and oxygen atoms in total. The van der Waals surface area contributed by atoms with Crippen LogP contribution in [0.3, 0.4) is 0 Å². The van der Waals surface area contributed by atoms with Crippen LogP contribution < -0.4 is 15.5 Å². The van der Waals surface area contributed by atoms with Crippen molar-refractivity contribution in [2.45, 2.75) is 52.2 Å². The Labute approximate surface area is 206 Å². The van der Waals surface area contributed by atoms with Gasteiger partial charge in [0, 0.05) is 44.9 Å². The molecule has 172 valence electrons. The largest absolute Gasteiger partial charge is 0.363 e. The highest BCUT2D eigenvalue weighted by molar-refractivity contribution is 14.0. The second-order valence-corrected chi connectivity index (χ2v) is 8.11. The summed E-state index contributed by atoms with van der Waals surface area (Å²) in [7, 11) is 4.03. The standard InChI is InChI=1S/C23H32N8.HI/c1-5-20-28-21-12-11-17(15-31(21)29-20)26-23(24-6-2)25-14-16-13-22(30(3)4)27-19-10-8-7-9-18(16)19;/h7-10,13,17H,5-6,11-12,14-15H2,1-4H3,(H2,24,25,26);1H. The second kappa shape index (κ2) is 10.9. The number of aryl methyl sites for hydroxylation is 2. The second-order valence-electron chi connectivity index (χ2n) is 8.11. The van der Waals surface area contributed by atoms with Crippen molar-refractivity contribution < 1.29 is 0 Å². The van der Waals surface area contributed by atoms with E-state index in [1.54, 1.807) is 0 Å². The summed E-state index contributed by atoms with van der Waals surface area (Å²) in [5, 5.41) is 12.8. The first-order valence-corrected chi connectivity index (χ1v) is 11.1. The molecule has 9 heteroatoms. The number of nitrogens with zero attached hydrogens (tertiary/aromatic N) is 6. The molecule has 1 aromatic carbocycles. The van der Waals surface area contributed by atoms with Crippen molar-refractivity contribution in [3.63, 3.8) is 0 Å². The summed E-state index contributed by atoms with van der Waals surface area (Å²) in [6, 6.07) is 10.7. The number of pyridine rings is 1. The van der Waals surface area contributed by atoms with Gasteiger partial charge in [0.05, 0.1) is 18.6 Å². The number of anilines is 1. The molecule has 1 unspecified atom stereocenters. The number of halogens is 1. The van der Waals surface area contributed by atoms with E-state index in [4.69, 9.17) is 9.98 Å². The van der Waals surface area contributed by atoms with Gasteiger partial charge in [-0.15, -0.1) is 24.0 Å². The minimum Gasteiger partial charge on any atom is -0.363 e. The zero-order valence-corrected chi connectivity index (χ0v) is 21.6. The summed E-state index contributed by atoms with van der Waals surface area (Å²) in [5.41, 5.74) is 2.16. The fourth-order valence-corrected chi connectivity index (χ4v) is 3.90. The van der Waals surface area contributed by atoms with E-state index in [1.807, 2.05) is 29.7 Å². The molecule has 2 aromatic heterocycles. The number of rotatable bonds is 6. The van der Waals surface area contributed by atoms with Crippen LogP contribution in [-0.4, -0.2) is 52.4 Å². The molecule has 0 saturated carbocycles. The van der Waals surface area contributed by atoms with Crippen LogP contribution >= 0.6 is 24.0 Å². The highest BCUT2D eigenvalue weighted by Crippen LogP contribution is 2.23. The van der Waals surface area contributed by atoms with Crippen LogP contribution in [0.25, 0.3) is 10.9 Å². The maximum atomic E-state index is 4.91. The minimum atomic E-state index is 0. The van der Waals surface area contributed by atoms with Crippen molar-refractivity contribution in [1.82, 2.24) is 30.4 Å². The maximum absolute atomic E-state index is 4.91. The first-order chi connectivity index (χ1) is 15.1.